The molecule has 8 nitrogen and oxygen atoms in total. The van der Waals surface area contributed by atoms with E-state index in [1.807, 2.05) is 0 Å². The number of aliphatic imine (C=N–C) groups is 1. The fraction of sp³-hybridized carbons (Fsp3) is 0.882. The molecule has 2 aliphatic rings. The SMILES string of the molecule is CCNC(=NCC1(OC)CCOCC1)NC1CCN(C(=O)OC)CC1.I. The van der Waals surface area contributed by atoms with Gasteiger partial charge in [-0.15, -0.1) is 24.0 Å². The Morgan fingerprint density at radius 2 is 1.92 bits per heavy atom. The Kier molecular flexibility index (Phi) is 10.6. The topological polar surface area (TPSA) is 84.4 Å². The number of halogens is 1. The van der Waals surface area contributed by atoms with Gasteiger partial charge in [0.2, 0.25) is 0 Å². The molecule has 2 saturated heterocycles. The number of carbonyl (C=O) groups excluding carboxylic acids is 1. The van der Waals surface area contributed by atoms with E-state index in [0.717, 1.165) is 51.4 Å². The van der Waals surface area contributed by atoms with Crippen LogP contribution in [0.5, 0.6) is 0 Å². The first-order chi connectivity index (χ1) is 12.1. The molecule has 0 aromatic carbocycles. The highest BCUT2D eigenvalue weighted by atomic mass is 127. The molecule has 2 N–H and O–H groups in total. The molecule has 2 rings (SSSR count). The van der Waals surface area contributed by atoms with Crippen molar-refractivity contribution in [1.29, 1.82) is 0 Å². The number of methoxy groups -OCH3 is 2. The summed E-state index contributed by atoms with van der Waals surface area (Å²) in [6.07, 6.45) is 3.24. The summed E-state index contributed by atoms with van der Waals surface area (Å²) < 4.78 is 16.0. The van der Waals surface area contributed by atoms with Crippen LogP contribution in [0.3, 0.4) is 0 Å². The minimum absolute atomic E-state index is 0. The lowest BCUT2D eigenvalue weighted by atomic mass is 9.94. The number of hydrogen-bond acceptors (Lipinski definition) is 5. The Morgan fingerprint density at radius 1 is 1.27 bits per heavy atom. The van der Waals surface area contributed by atoms with Gasteiger partial charge >= 0.3 is 6.09 Å². The number of guanidine groups is 1. The smallest absolute Gasteiger partial charge is 0.409 e. The molecule has 0 spiro atoms. The van der Waals surface area contributed by atoms with Crippen molar-refractivity contribution in [3.05, 3.63) is 0 Å². The molecule has 0 aromatic rings. The molecule has 1 amide bonds. The third-order valence-corrected chi connectivity index (χ3v) is 4.98. The van der Waals surface area contributed by atoms with Crippen LogP contribution in [0, 0.1) is 0 Å². The van der Waals surface area contributed by atoms with Gasteiger partial charge in [-0.3, -0.25) is 4.99 Å². The maximum Gasteiger partial charge on any atom is 0.409 e. The van der Waals surface area contributed by atoms with Gasteiger partial charge in [0.25, 0.3) is 0 Å². The van der Waals surface area contributed by atoms with Gasteiger partial charge in [0, 0.05) is 58.8 Å². The molecule has 2 aliphatic heterocycles. The molecule has 152 valence electrons. The summed E-state index contributed by atoms with van der Waals surface area (Å²) >= 11 is 0. The van der Waals surface area contributed by atoms with Crippen LogP contribution in [0.4, 0.5) is 4.79 Å². The van der Waals surface area contributed by atoms with Gasteiger partial charge in [-0.2, -0.15) is 0 Å². The first-order valence-corrected chi connectivity index (χ1v) is 9.13. The second-order valence-electron chi connectivity index (χ2n) is 6.57. The molecule has 0 bridgehead atoms. The summed E-state index contributed by atoms with van der Waals surface area (Å²) in [5, 5.41) is 6.79. The van der Waals surface area contributed by atoms with Gasteiger partial charge < -0.3 is 29.7 Å². The third kappa shape index (κ3) is 6.73. The number of likely N-dealkylation sites (tertiary alicyclic amines) is 1. The van der Waals surface area contributed by atoms with E-state index in [1.165, 1.54) is 7.11 Å². The fourth-order valence-corrected chi connectivity index (χ4v) is 3.24. The van der Waals surface area contributed by atoms with Crippen molar-refractivity contribution >= 4 is 36.0 Å². The lowest BCUT2D eigenvalue weighted by Crippen LogP contribution is -2.50. The summed E-state index contributed by atoms with van der Waals surface area (Å²) in [5.74, 6) is 0.807. The van der Waals surface area contributed by atoms with Crippen LogP contribution in [0.15, 0.2) is 4.99 Å². The average molecular weight is 484 g/mol. The van der Waals surface area contributed by atoms with Crippen LogP contribution in [-0.4, -0.2) is 82.2 Å². The highest BCUT2D eigenvalue weighted by Crippen LogP contribution is 2.24. The van der Waals surface area contributed by atoms with E-state index >= 15 is 0 Å². The second kappa shape index (κ2) is 11.8. The minimum Gasteiger partial charge on any atom is -0.453 e. The Balaban J connectivity index is 0.00000338. The minimum atomic E-state index is -0.249. The number of rotatable bonds is 5. The first kappa shape index (κ1) is 23.2. The summed E-state index contributed by atoms with van der Waals surface area (Å²) in [6.45, 7) is 6.31. The van der Waals surface area contributed by atoms with Crippen LogP contribution < -0.4 is 10.6 Å². The van der Waals surface area contributed by atoms with Gasteiger partial charge in [-0.1, -0.05) is 0 Å². The molecule has 0 aliphatic carbocycles. The molecule has 2 fully saturated rings. The number of carbonyl (C=O) groups is 1. The summed E-state index contributed by atoms with van der Waals surface area (Å²) in [4.78, 5) is 18.1. The number of ether oxygens (including phenoxy) is 3. The second-order valence-corrected chi connectivity index (χ2v) is 6.57. The lowest BCUT2D eigenvalue weighted by Gasteiger charge is -2.35. The number of nitrogens with one attached hydrogen (secondary N) is 2. The van der Waals surface area contributed by atoms with Crippen molar-refractivity contribution in [3.63, 3.8) is 0 Å². The monoisotopic (exact) mass is 484 g/mol. The zero-order valence-corrected chi connectivity index (χ0v) is 18.4. The predicted molar refractivity (Wildman–Crippen MR) is 111 cm³/mol. The number of nitrogens with zero attached hydrogens (tertiary/aromatic N) is 2. The van der Waals surface area contributed by atoms with Gasteiger partial charge in [-0.05, 0) is 19.8 Å². The van der Waals surface area contributed by atoms with Crippen molar-refractivity contribution in [2.75, 3.05) is 53.6 Å². The average Bonchev–Trinajstić information content (AvgIpc) is 2.67. The van der Waals surface area contributed by atoms with Crippen LogP contribution >= 0.6 is 24.0 Å². The maximum absolute atomic E-state index is 11.6. The van der Waals surface area contributed by atoms with E-state index in [2.05, 4.69) is 17.6 Å². The fourth-order valence-electron chi connectivity index (χ4n) is 3.24. The van der Waals surface area contributed by atoms with Crippen LogP contribution in [0.25, 0.3) is 0 Å². The van der Waals surface area contributed by atoms with Crippen molar-refractivity contribution < 1.29 is 19.0 Å². The Morgan fingerprint density at radius 3 is 2.46 bits per heavy atom. The Bertz CT molecular complexity index is 450. The zero-order valence-electron chi connectivity index (χ0n) is 16.1. The summed E-state index contributed by atoms with van der Waals surface area (Å²) in [5.41, 5.74) is -0.227. The number of hydrogen-bond donors (Lipinski definition) is 2. The molecule has 0 aromatic heterocycles. The van der Waals surface area contributed by atoms with Gasteiger partial charge in [-0.25, -0.2) is 4.79 Å². The Labute approximate surface area is 173 Å². The van der Waals surface area contributed by atoms with E-state index in [0.29, 0.717) is 25.7 Å². The van der Waals surface area contributed by atoms with E-state index < -0.39 is 0 Å². The van der Waals surface area contributed by atoms with Crippen molar-refractivity contribution in [3.8, 4) is 0 Å². The van der Waals surface area contributed by atoms with Gasteiger partial charge in [0.15, 0.2) is 5.96 Å². The van der Waals surface area contributed by atoms with E-state index in [4.69, 9.17) is 19.2 Å². The quantitative estimate of drug-likeness (QED) is 0.351. The van der Waals surface area contributed by atoms with E-state index in [9.17, 15) is 4.79 Å². The van der Waals surface area contributed by atoms with E-state index in [-0.39, 0.29) is 35.7 Å². The molecule has 0 saturated carbocycles. The molecule has 2 heterocycles. The first-order valence-electron chi connectivity index (χ1n) is 9.13. The largest absolute Gasteiger partial charge is 0.453 e. The van der Waals surface area contributed by atoms with E-state index in [1.54, 1.807) is 12.0 Å². The molecular formula is C17H33IN4O4. The highest BCUT2D eigenvalue weighted by Gasteiger charge is 2.32. The molecular weight excluding hydrogens is 451 g/mol. The maximum atomic E-state index is 11.6. The number of piperidine rings is 1. The summed E-state index contributed by atoms with van der Waals surface area (Å²) in [7, 11) is 3.17. The predicted octanol–water partition coefficient (Wildman–Crippen LogP) is 1.59. The molecule has 26 heavy (non-hydrogen) atoms. The van der Waals surface area contributed by atoms with Crippen molar-refractivity contribution in [2.24, 2.45) is 4.99 Å². The number of amides is 1. The standard InChI is InChI=1S/C17H32N4O4.HI/c1-4-18-15(19-13-17(24-3)7-11-25-12-8-17)20-14-5-9-21(10-6-14)16(22)23-2;/h14H,4-13H2,1-3H3,(H2,18,19,20);1H. The highest BCUT2D eigenvalue weighted by molar-refractivity contribution is 14.0. The molecule has 0 atom stereocenters. The molecule has 0 radical (unpaired) electrons. The van der Waals surface area contributed by atoms with Crippen LogP contribution in [0.1, 0.15) is 32.6 Å². The van der Waals surface area contributed by atoms with Crippen LogP contribution in [0.2, 0.25) is 0 Å². The Hall–Kier alpha value is -0.810. The normalized spacial score (nSPS) is 20.9. The van der Waals surface area contributed by atoms with Crippen molar-refractivity contribution in [2.45, 2.75) is 44.2 Å². The van der Waals surface area contributed by atoms with Crippen molar-refractivity contribution in [1.82, 2.24) is 15.5 Å². The molecule has 0 unspecified atom stereocenters. The summed E-state index contributed by atoms with van der Waals surface area (Å²) in [6, 6.07) is 0.298. The lowest BCUT2D eigenvalue weighted by molar-refractivity contribution is -0.0829. The zero-order chi connectivity index (χ0) is 18.1. The molecule has 9 heteroatoms. The van der Waals surface area contributed by atoms with Crippen LogP contribution in [-0.2, 0) is 14.2 Å². The third-order valence-electron chi connectivity index (χ3n) is 4.98. The van der Waals surface area contributed by atoms with Gasteiger partial charge in [0.1, 0.15) is 0 Å². The van der Waals surface area contributed by atoms with Gasteiger partial charge in [0.05, 0.1) is 19.3 Å².